The van der Waals surface area contributed by atoms with Crippen LogP contribution in [0.15, 0.2) is 30.3 Å². The van der Waals surface area contributed by atoms with E-state index >= 15 is 0 Å². The van der Waals surface area contributed by atoms with Crippen LogP contribution < -0.4 is 5.32 Å². The highest BCUT2D eigenvalue weighted by atomic mass is 16.3. The van der Waals surface area contributed by atoms with E-state index in [1.54, 1.807) is 0 Å². The average Bonchev–Trinajstić information content (AvgIpc) is 2.26. The maximum absolute atomic E-state index is 9.87. The van der Waals surface area contributed by atoms with Crippen LogP contribution in [0.1, 0.15) is 18.6 Å². The molecule has 14 heavy (non-hydrogen) atoms. The fraction of sp³-hybridized carbons (Fsp3) is 0.455. The van der Waals surface area contributed by atoms with Gasteiger partial charge in [-0.3, -0.25) is 0 Å². The van der Waals surface area contributed by atoms with E-state index in [0.717, 1.165) is 5.56 Å². The Kier molecular flexibility index (Phi) is 4.59. The van der Waals surface area contributed by atoms with E-state index in [1.165, 1.54) is 0 Å². The molecule has 0 aliphatic heterocycles. The Morgan fingerprint density at radius 2 is 1.93 bits per heavy atom. The van der Waals surface area contributed by atoms with Gasteiger partial charge in [-0.15, -0.1) is 0 Å². The Morgan fingerprint density at radius 1 is 1.29 bits per heavy atom. The minimum Gasteiger partial charge on any atom is -0.395 e. The summed E-state index contributed by atoms with van der Waals surface area (Å²) in [4.78, 5) is 0. The molecule has 2 unspecified atom stereocenters. The summed E-state index contributed by atoms with van der Waals surface area (Å²) in [5.74, 6) is 0. The lowest BCUT2D eigenvalue weighted by Gasteiger charge is -2.20. The summed E-state index contributed by atoms with van der Waals surface area (Å²) >= 11 is 0. The Bertz CT molecular complexity index is 251. The monoisotopic (exact) mass is 195 g/mol. The standard InChI is InChI=1S/C11H17NO2/c1-9(12-7-8-13)11(14)10-5-3-2-4-6-10/h2-6,9,11-14H,7-8H2,1H3. The van der Waals surface area contributed by atoms with Crippen LogP contribution in [0.2, 0.25) is 0 Å². The summed E-state index contributed by atoms with van der Waals surface area (Å²) in [6.07, 6.45) is -0.525. The van der Waals surface area contributed by atoms with Crippen molar-refractivity contribution in [2.24, 2.45) is 0 Å². The van der Waals surface area contributed by atoms with Gasteiger partial charge in [0.05, 0.1) is 12.7 Å². The summed E-state index contributed by atoms with van der Waals surface area (Å²) in [7, 11) is 0. The lowest BCUT2D eigenvalue weighted by atomic mass is 10.0. The Labute approximate surface area is 84.4 Å². The van der Waals surface area contributed by atoms with Gasteiger partial charge in [0, 0.05) is 12.6 Å². The number of aliphatic hydroxyl groups is 2. The zero-order chi connectivity index (χ0) is 10.4. The summed E-state index contributed by atoms with van der Waals surface area (Å²) in [5.41, 5.74) is 0.894. The molecular formula is C11H17NO2. The highest BCUT2D eigenvalue weighted by Gasteiger charge is 2.14. The van der Waals surface area contributed by atoms with Crippen molar-refractivity contribution in [3.8, 4) is 0 Å². The number of hydrogen-bond acceptors (Lipinski definition) is 3. The molecule has 1 aromatic carbocycles. The van der Waals surface area contributed by atoms with Gasteiger partial charge >= 0.3 is 0 Å². The van der Waals surface area contributed by atoms with E-state index in [4.69, 9.17) is 5.11 Å². The molecule has 3 N–H and O–H groups in total. The molecular weight excluding hydrogens is 178 g/mol. The fourth-order valence-electron chi connectivity index (χ4n) is 1.34. The van der Waals surface area contributed by atoms with Crippen LogP contribution in [-0.2, 0) is 0 Å². The molecule has 78 valence electrons. The molecule has 0 amide bonds. The summed E-state index contributed by atoms with van der Waals surface area (Å²) < 4.78 is 0. The predicted octanol–water partition coefficient (Wildman–Crippen LogP) is 0.690. The first-order valence-electron chi connectivity index (χ1n) is 4.83. The number of benzene rings is 1. The van der Waals surface area contributed by atoms with Crippen LogP contribution in [-0.4, -0.2) is 29.4 Å². The van der Waals surface area contributed by atoms with E-state index in [-0.39, 0.29) is 12.6 Å². The molecule has 0 aliphatic carbocycles. The smallest absolute Gasteiger partial charge is 0.0940 e. The number of nitrogens with one attached hydrogen (secondary N) is 1. The topological polar surface area (TPSA) is 52.5 Å². The molecule has 0 spiro atoms. The van der Waals surface area contributed by atoms with Crippen LogP contribution in [0, 0.1) is 0 Å². The van der Waals surface area contributed by atoms with Gasteiger partial charge in [0.1, 0.15) is 0 Å². The van der Waals surface area contributed by atoms with Gasteiger partial charge in [0.2, 0.25) is 0 Å². The molecule has 1 rings (SSSR count). The predicted molar refractivity (Wildman–Crippen MR) is 56.0 cm³/mol. The molecule has 3 nitrogen and oxygen atoms in total. The fourth-order valence-corrected chi connectivity index (χ4v) is 1.34. The van der Waals surface area contributed by atoms with E-state index in [9.17, 15) is 5.11 Å². The van der Waals surface area contributed by atoms with Crippen molar-refractivity contribution in [3.05, 3.63) is 35.9 Å². The maximum atomic E-state index is 9.87. The van der Waals surface area contributed by atoms with Crippen molar-refractivity contribution in [1.82, 2.24) is 5.32 Å². The van der Waals surface area contributed by atoms with E-state index in [2.05, 4.69) is 5.32 Å². The Morgan fingerprint density at radius 3 is 2.50 bits per heavy atom. The quantitative estimate of drug-likeness (QED) is 0.648. The Hall–Kier alpha value is -0.900. The van der Waals surface area contributed by atoms with Gasteiger partial charge in [-0.25, -0.2) is 0 Å². The van der Waals surface area contributed by atoms with Crippen LogP contribution in [0.25, 0.3) is 0 Å². The van der Waals surface area contributed by atoms with Crippen LogP contribution in [0.5, 0.6) is 0 Å². The van der Waals surface area contributed by atoms with Crippen molar-refractivity contribution in [3.63, 3.8) is 0 Å². The first kappa shape index (κ1) is 11.2. The largest absolute Gasteiger partial charge is 0.395 e. The third-order valence-electron chi connectivity index (χ3n) is 2.19. The molecule has 0 saturated heterocycles. The van der Waals surface area contributed by atoms with Gasteiger partial charge in [0.15, 0.2) is 0 Å². The SMILES string of the molecule is CC(NCCO)C(O)c1ccccc1. The minimum atomic E-state index is -0.525. The van der Waals surface area contributed by atoms with E-state index < -0.39 is 6.10 Å². The van der Waals surface area contributed by atoms with Gasteiger partial charge in [-0.05, 0) is 12.5 Å². The zero-order valence-electron chi connectivity index (χ0n) is 8.35. The first-order chi connectivity index (χ1) is 6.75. The second-order valence-electron chi connectivity index (χ2n) is 3.32. The van der Waals surface area contributed by atoms with Crippen molar-refractivity contribution in [2.45, 2.75) is 19.1 Å². The molecule has 0 aromatic heterocycles. The van der Waals surface area contributed by atoms with Gasteiger partial charge in [-0.2, -0.15) is 0 Å². The van der Waals surface area contributed by atoms with Crippen LogP contribution in [0.3, 0.4) is 0 Å². The molecule has 0 fully saturated rings. The molecule has 1 aromatic rings. The molecule has 2 atom stereocenters. The highest BCUT2D eigenvalue weighted by molar-refractivity contribution is 5.18. The summed E-state index contributed by atoms with van der Waals surface area (Å²) in [6, 6.07) is 9.45. The lowest BCUT2D eigenvalue weighted by molar-refractivity contribution is 0.132. The van der Waals surface area contributed by atoms with E-state index in [0.29, 0.717) is 6.54 Å². The van der Waals surface area contributed by atoms with Crippen molar-refractivity contribution < 1.29 is 10.2 Å². The Balaban J connectivity index is 2.52. The van der Waals surface area contributed by atoms with E-state index in [1.807, 2.05) is 37.3 Å². The number of rotatable bonds is 5. The molecule has 0 saturated carbocycles. The van der Waals surface area contributed by atoms with Crippen molar-refractivity contribution >= 4 is 0 Å². The maximum Gasteiger partial charge on any atom is 0.0940 e. The second-order valence-corrected chi connectivity index (χ2v) is 3.32. The van der Waals surface area contributed by atoms with Gasteiger partial charge < -0.3 is 15.5 Å². The summed E-state index contributed by atoms with van der Waals surface area (Å²) in [5, 5.41) is 21.5. The third-order valence-corrected chi connectivity index (χ3v) is 2.19. The lowest BCUT2D eigenvalue weighted by Crippen LogP contribution is -2.34. The van der Waals surface area contributed by atoms with Gasteiger partial charge in [-0.1, -0.05) is 30.3 Å². The third kappa shape index (κ3) is 3.10. The molecule has 0 radical (unpaired) electrons. The average molecular weight is 195 g/mol. The van der Waals surface area contributed by atoms with Crippen molar-refractivity contribution in [1.29, 1.82) is 0 Å². The number of hydrogen-bond donors (Lipinski definition) is 3. The minimum absolute atomic E-state index is 0.0513. The number of aliphatic hydroxyl groups excluding tert-OH is 2. The van der Waals surface area contributed by atoms with Crippen LogP contribution in [0.4, 0.5) is 0 Å². The van der Waals surface area contributed by atoms with Crippen molar-refractivity contribution in [2.75, 3.05) is 13.2 Å². The normalized spacial score (nSPS) is 15.1. The molecule has 3 heteroatoms. The highest BCUT2D eigenvalue weighted by Crippen LogP contribution is 2.15. The zero-order valence-corrected chi connectivity index (χ0v) is 8.35. The molecule has 0 aliphatic rings. The molecule has 0 bridgehead atoms. The van der Waals surface area contributed by atoms with Gasteiger partial charge in [0.25, 0.3) is 0 Å². The van der Waals surface area contributed by atoms with Crippen LogP contribution >= 0.6 is 0 Å². The molecule has 0 heterocycles. The second kappa shape index (κ2) is 5.75. The first-order valence-corrected chi connectivity index (χ1v) is 4.83. The summed E-state index contributed by atoms with van der Waals surface area (Å²) in [6.45, 7) is 2.49.